The van der Waals surface area contributed by atoms with Crippen LogP contribution in [0.1, 0.15) is 31.1 Å². The third kappa shape index (κ3) is 4.56. The molecule has 0 spiro atoms. The molecule has 2 aromatic heterocycles. The number of aliphatic hydroxyl groups excluding tert-OH is 1. The molecule has 9 heteroatoms. The van der Waals surface area contributed by atoms with E-state index < -0.39 is 0 Å². The first-order valence-corrected chi connectivity index (χ1v) is 9.87. The molecule has 3 atom stereocenters. The second kappa shape index (κ2) is 9.17. The zero-order chi connectivity index (χ0) is 21.8. The van der Waals surface area contributed by atoms with Gasteiger partial charge in [-0.2, -0.15) is 0 Å². The molecule has 0 saturated heterocycles. The molecule has 2 amide bonds. The van der Waals surface area contributed by atoms with Crippen LogP contribution in [-0.2, 0) is 4.79 Å². The molecule has 1 aliphatic rings. The van der Waals surface area contributed by atoms with Gasteiger partial charge in [0.25, 0.3) is 5.91 Å². The molecule has 2 aromatic rings. The molecule has 0 bridgehead atoms. The maximum absolute atomic E-state index is 13.4. The normalized spacial score (nSPS) is 19.9. The van der Waals surface area contributed by atoms with Crippen molar-refractivity contribution >= 4 is 11.8 Å². The van der Waals surface area contributed by atoms with Gasteiger partial charge in [-0.1, -0.05) is 6.92 Å². The Morgan fingerprint density at radius 1 is 1.33 bits per heavy atom. The number of amides is 2. The standard InChI is InChI=1S/C21H27N5O4/c1-13-9-26(14(2)11-27)21(29)18-5-16(17-6-22-12-23-7-17)8-24-20(18)30-19(13)10-25(4)15(3)28/h5-8,12-14,19,27H,9-11H2,1-4H3/t13-,14+,19+/m1/s1. The van der Waals surface area contributed by atoms with Crippen LogP contribution in [0.25, 0.3) is 11.1 Å². The van der Waals surface area contributed by atoms with Crippen LogP contribution in [0.2, 0.25) is 0 Å². The van der Waals surface area contributed by atoms with Gasteiger partial charge in [-0.3, -0.25) is 9.59 Å². The summed E-state index contributed by atoms with van der Waals surface area (Å²) in [6.45, 7) is 5.84. The molecular weight excluding hydrogens is 386 g/mol. The number of carbonyl (C=O) groups excluding carboxylic acids is 2. The monoisotopic (exact) mass is 413 g/mol. The molecular formula is C21H27N5O4. The van der Waals surface area contributed by atoms with E-state index in [0.717, 1.165) is 5.56 Å². The van der Waals surface area contributed by atoms with E-state index in [1.165, 1.54) is 13.3 Å². The number of nitrogens with zero attached hydrogens (tertiary/aromatic N) is 5. The SMILES string of the molecule is CC(=O)N(C)C[C@@H]1Oc2ncc(-c3cncnc3)cc2C(=O)N([C@@H](C)CO)C[C@H]1C. The summed E-state index contributed by atoms with van der Waals surface area (Å²) in [6.07, 6.45) is 5.97. The Bertz CT molecular complexity index is 908. The lowest BCUT2D eigenvalue weighted by Crippen LogP contribution is -2.50. The molecule has 1 aliphatic heterocycles. The van der Waals surface area contributed by atoms with Gasteiger partial charge in [-0.05, 0) is 13.0 Å². The molecule has 0 radical (unpaired) electrons. The largest absolute Gasteiger partial charge is 0.472 e. The van der Waals surface area contributed by atoms with E-state index in [0.29, 0.717) is 24.2 Å². The first-order chi connectivity index (χ1) is 14.3. The van der Waals surface area contributed by atoms with Crippen molar-refractivity contribution in [2.45, 2.75) is 32.9 Å². The zero-order valence-corrected chi connectivity index (χ0v) is 17.6. The van der Waals surface area contributed by atoms with Crippen molar-refractivity contribution in [3.63, 3.8) is 0 Å². The van der Waals surface area contributed by atoms with E-state index in [1.54, 1.807) is 48.4 Å². The van der Waals surface area contributed by atoms with Gasteiger partial charge >= 0.3 is 0 Å². The Balaban J connectivity index is 2.05. The number of aromatic nitrogens is 3. The van der Waals surface area contributed by atoms with E-state index in [9.17, 15) is 14.7 Å². The molecule has 3 rings (SSSR count). The Morgan fingerprint density at radius 3 is 2.67 bits per heavy atom. The minimum atomic E-state index is -0.374. The van der Waals surface area contributed by atoms with E-state index >= 15 is 0 Å². The van der Waals surface area contributed by atoms with Crippen LogP contribution in [-0.4, -0.2) is 80.6 Å². The van der Waals surface area contributed by atoms with Crippen LogP contribution < -0.4 is 4.74 Å². The summed E-state index contributed by atoms with van der Waals surface area (Å²) < 4.78 is 6.15. The van der Waals surface area contributed by atoms with Crippen LogP contribution in [0.15, 0.2) is 31.0 Å². The molecule has 0 saturated carbocycles. The smallest absolute Gasteiger partial charge is 0.259 e. The minimum absolute atomic E-state index is 0.0721. The minimum Gasteiger partial charge on any atom is -0.472 e. The highest BCUT2D eigenvalue weighted by Crippen LogP contribution is 2.30. The number of fused-ring (bicyclic) bond motifs is 1. The van der Waals surface area contributed by atoms with Crippen LogP contribution in [0.3, 0.4) is 0 Å². The Morgan fingerprint density at radius 2 is 2.03 bits per heavy atom. The molecule has 0 fully saturated rings. The number of carbonyl (C=O) groups is 2. The number of aliphatic hydroxyl groups is 1. The maximum Gasteiger partial charge on any atom is 0.259 e. The van der Waals surface area contributed by atoms with E-state index in [4.69, 9.17) is 4.74 Å². The Hall–Kier alpha value is -3.07. The van der Waals surface area contributed by atoms with Crippen LogP contribution in [0.4, 0.5) is 0 Å². The van der Waals surface area contributed by atoms with E-state index in [1.807, 2.05) is 6.92 Å². The molecule has 1 N–H and O–H groups in total. The van der Waals surface area contributed by atoms with Gasteiger partial charge in [0.1, 0.15) is 18.0 Å². The molecule has 0 aliphatic carbocycles. The predicted molar refractivity (Wildman–Crippen MR) is 110 cm³/mol. The van der Waals surface area contributed by atoms with Gasteiger partial charge in [0.2, 0.25) is 11.8 Å². The first kappa shape index (κ1) is 21.6. The van der Waals surface area contributed by atoms with Crippen molar-refractivity contribution in [2.24, 2.45) is 5.92 Å². The van der Waals surface area contributed by atoms with Gasteiger partial charge in [0.15, 0.2) is 0 Å². The van der Waals surface area contributed by atoms with Gasteiger partial charge in [0, 0.05) is 56.2 Å². The third-order valence-corrected chi connectivity index (χ3v) is 5.41. The second-order valence-corrected chi connectivity index (χ2v) is 7.73. The summed E-state index contributed by atoms with van der Waals surface area (Å²) in [5.74, 6) is -0.203. The predicted octanol–water partition coefficient (Wildman–Crippen LogP) is 1.24. The summed E-state index contributed by atoms with van der Waals surface area (Å²) in [4.78, 5) is 40.8. The molecule has 30 heavy (non-hydrogen) atoms. The summed E-state index contributed by atoms with van der Waals surface area (Å²) in [7, 11) is 1.71. The number of hydrogen-bond donors (Lipinski definition) is 1. The Labute approximate surface area is 175 Å². The fraction of sp³-hybridized carbons (Fsp3) is 0.476. The van der Waals surface area contributed by atoms with E-state index in [2.05, 4.69) is 15.0 Å². The second-order valence-electron chi connectivity index (χ2n) is 7.73. The number of pyridine rings is 1. The summed E-state index contributed by atoms with van der Waals surface area (Å²) in [6, 6.07) is 1.34. The zero-order valence-electron chi connectivity index (χ0n) is 17.6. The number of ether oxygens (including phenoxy) is 1. The Kier molecular flexibility index (Phi) is 6.61. The van der Waals surface area contributed by atoms with Crippen LogP contribution >= 0.6 is 0 Å². The van der Waals surface area contributed by atoms with Crippen LogP contribution in [0.5, 0.6) is 5.88 Å². The van der Waals surface area contributed by atoms with Crippen molar-refractivity contribution in [3.8, 4) is 17.0 Å². The van der Waals surface area contributed by atoms with E-state index in [-0.39, 0.29) is 42.4 Å². The molecule has 3 heterocycles. The van der Waals surface area contributed by atoms with Crippen molar-refractivity contribution in [3.05, 3.63) is 36.5 Å². The van der Waals surface area contributed by atoms with Gasteiger partial charge in [-0.25, -0.2) is 15.0 Å². The quantitative estimate of drug-likeness (QED) is 0.785. The van der Waals surface area contributed by atoms with Crippen molar-refractivity contribution in [1.82, 2.24) is 24.8 Å². The summed E-state index contributed by atoms with van der Waals surface area (Å²) >= 11 is 0. The highest BCUT2D eigenvalue weighted by molar-refractivity contribution is 5.98. The van der Waals surface area contributed by atoms with Gasteiger partial charge < -0.3 is 19.6 Å². The number of likely N-dealkylation sites (N-methyl/N-ethyl adjacent to an activating group) is 1. The summed E-state index contributed by atoms with van der Waals surface area (Å²) in [5.41, 5.74) is 1.72. The van der Waals surface area contributed by atoms with Crippen LogP contribution in [0, 0.1) is 5.92 Å². The lowest BCUT2D eigenvalue weighted by Gasteiger charge is -2.37. The van der Waals surface area contributed by atoms with Crippen molar-refractivity contribution < 1.29 is 19.4 Å². The van der Waals surface area contributed by atoms with Crippen molar-refractivity contribution in [1.29, 1.82) is 0 Å². The van der Waals surface area contributed by atoms with Gasteiger partial charge in [-0.15, -0.1) is 0 Å². The lowest BCUT2D eigenvalue weighted by molar-refractivity contribution is -0.129. The topological polar surface area (TPSA) is 109 Å². The molecule has 9 nitrogen and oxygen atoms in total. The highest BCUT2D eigenvalue weighted by Gasteiger charge is 2.34. The number of rotatable bonds is 5. The lowest BCUT2D eigenvalue weighted by atomic mass is 9.99. The number of hydrogen-bond acceptors (Lipinski definition) is 7. The average Bonchev–Trinajstić information content (AvgIpc) is 2.75. The molecule has 160 valence electrons. The fourth-order valence-electron chi connectivity index (χ4n) is 3.32. The van der Waals surface area contributed by atoms with Crippen molar-refractivity contribution in [2.75, 3.05) is 26.7 Å². The third-order valence-electron chi connectivity index (χ3n) is 5.41. The molecule has 0 aromatic carbocycles. The fourth-order valence-corrected chi connectivity index (χ4v) is 3.32. The maximum atomic E-state index is 13.4. The average molecular weight is 413 g/mol. The van der Waals surface area contributed by atoms with Gasteiger partial charge in [0.05, 0.1) is 19.2 Å². The molecule has 0 unspecified atom stereocenters. The first-order valence-electron chi connectivity index (χ1n) is 9.87. The summed E-state index contributed by atoms with van der Waals surface area (Å²) in [5, 5.41) is 9.71. The highest BCUT2D eigenvalue weighted by atomic mass is 16.5.